The van der Waals surface area contributed by atoms with Crippen LogP contribution in [0.1, 0.15) is 42.5 Å². The van der Waals surface area contributed by atoms with Crippen LogP contribution in [-0.4, -0.2) is 34.8 Å². The lowest BCUT2D eigenvalue weighted by Gasteiger charge is -2.25. The van der Waals surface area contributed by atoms with Gasteiger partial charge in [-0.15, -0.1) is 0 Å². The van der Waals surface area contributed by atoms with Gasteiger partial charge in [-0.25, -0.2) is 4.39 Å². The van der Waals surface area contributed by atoms with E-state index in [2.05, 4.69) is 6.92 Å². The van der Waals surface area contributed by atoms with E-state index in [1.807, 2.05) is 30.3 Å². The number of Topliss-reactive ketones (excluding diaryl/α,β-unsaturated/α-hetero) is 1. The molecule has 35 heavy (non-hydrogen) atoms. The number of rotatable bonds is 9. The molecule has 0 aromatic heterocycles. The van der Waals surface area contributed by atoms with Crippen molar-refractivity contribution in [3.63, 3.8) is 0 Å². The SMILES string of the molecule is CCCCOc1cccc(/C(O)=C2\C(=O)C(=O)N(CCc3ccccc3)C2c2ccccc2F)c1. The number of ketones is 1. The predicted molar refractivity (Wildman–Crippen MR) is 132 cm³/mol. The number of benzene rings is 3. The lowest BCUT2D eigenvalue weighted by atomic mass is 9.94. The minimum Gasteiger partial charge on any atom is -0.507 e. The molecule has 0 spiro atoms. The maximum absolute atomic E-state index is 14.9. The maximum Gasteiger partial charge on any atom is 0.295 e. The summed E-state index contributed by atoms with van der Waals surface area (Å²) in [5, 5.41) is 11.2. The molecule has 1 aliphatic rings. The smallest absolute Gasteiger partial charge is 0.295 e. The third-order valence-corrected chi connectivity index (χ3v) is 6.10. The molecule has 180 valence electrons. The number of carbonyl (C=O) groups excluding carboxylic acids is 2. The molecular formula is C29H28FNO4. The molecule has 5 nitrogen and oxygen atoms in total. The van der Waals surface area contributed by atoms with Crippen LogP contribution in [-0.2, 0) is 16.0 Å². The van der Waals surface area contributed by atoms with Gasteiger partial charge in [-0.2, -0.15) is 0 Å². The largest absolute Gasteiger partial charge is 0.507 e. The van der Waals surface area contributed by atoms with Crippen molar-refractivity contribution in [2.24, 2.45) is 0 Å². The summed E-state index contributed by atoms with van der Waals surface area (Å²) in [4.78, 5) is 27.6. The van der Waals surface area contributed by atoms with Gasteiger partial charge in [0.05, 0.1) is 18.2 Å². The summed E-state index contributed by atoms with van der Waals surface area (Å²) in [5.41, 5.74) is 1.36. The number of halogens is 1. The first-order valence-corrected chi connectivity index (χ1v) is 11.8. The zero-order valence-electron chi connectivity index (χ0n) is 19.6. The van der Waals surface area contributed by atoms with Crippen molar-refractivity contribution in [2.45, 2.75) is 32.2 Å². The van der Waals surface area contributed by atoms with Crippen molar-refractivity contribution in [1.29, 1.82) is 0 Å². The highest BCUT2D eigenvalue weighted by Gasteiger charge is 2.46. The Balaban J connectivity index is 1.75. The molecule has 6 heteroatoms. The van der Waals surface area contributed by atoms with E-state index in [4.69, 9.17) is 4.74 Å². The van der Waals surface area contributed by atoms with E-state index >= 15 is 0 Å². The zero-order valence-corrected chi connectivity index (χ0v) is 19.6. The average Bonchev–Trinajstić information content (AvgIpc) is 3.13. The molecule has 3 aromatic rings. The summed E-state index contributed by atoms with van der Waals surface area (Å²) >= 11 is 0. The summed E-state index contributed by atoms with van der Waals surface area (Å²) in [7, 11) is 0. The number of carbonyl (C=O) groups is 2. The fourth-order valence-corrected chi connectivity index (χ4v) is 4.25. The molecule has 0 radical (unpaired) electrons. The number of nitrogens with zero attached hydrogens (tertiary/aromatic N) is 1. The van der Waals surface area contributed by atoms with Crippen LogP contribution in [0.2, 0.25) is 0 Å². The van der Waals surface area contributed by atoms with Crippen LogP contribution in [0.5, 0.6) is 5.75 Å². The molecule has 0 bridgehead atoms. The van der Waals surface area contributed by atoms with E-state index in [1.165, 1.54) is 11.0 Å². The van der Waals surface area contributed by atoms with Crippen LogP contribution in [0, 0.1) is 5.82 Å². The van der Waals surface area contributed by atoms with E-state index in [0.29, 0.717) is 24.3 Å². The molecule has 1 aliphatic heterocycles. The van der Waals surface area contributed by atoms with Gasteiger partial charge in [0.1, 0.15) is 17.3 Å². The molecule has 3 aromatic carbocycles. The fourth-order valence-electron chi connectivity index (χ4n) is 4.25. The van der Waals surface area contributed by atoms with Crippen LogP contribution in [0.15, 0.2) is 84.4 Å². The van der Waals surface area contributed by atoms with Gasteiger partial charge in [0.25, 0.3) is 11.7 Å². The quantitative estimate of drug-likeness (QED) is 0.188. The molecule has 1 unspecified atom stereocenters. The number of aliphatic hydroxyl groups is 1. The lowest BCUT2D eigenvalue weighted by molar-refractivity contribution is -0.139. The highest BCUT2D eigenvalue weighted by molar-refractivity contribution is 6.46. The first-order valence-electron chi connectivity index (χ1n) is 11.8. The van der Waals surface area contributed by atoms with Crippen molar-refractivity contribution in [3.8, 4) is 5.75 Å². The molecule has 0 aliphatic carbocycles. The van der Waals surface area contributed by atoms with Crippen LogP contribution in [0.25, 0.3) is 5.76 Å². The topological polar surface area (TPSA) is 66.8 Å². The number of amides is 1. The Hall–Kier alpha value is -3.93. The van der Waals surface area contributed by atoms with Crippen LogP contribution in [0.4, 0.5) is 4.39 Å². The number of unbranched alkanes of at least 4 members (excludes halogenated alkanes) is 1. The van der Waals surface area contributed by atoms with E-state index in [9.17, 15) is 19.1 Å². The third-order valence-electron chi connectivity index (χ3n) is 6.10. The number of hydrogen-bond donors (Lipinski definition) is 1. The van der Waals surface area contributed by atoms with Crippen molar-refractivity contribution in [1.82, 2.24) is 4.90 Å². The molecule has 0 saturated carbocycles. The first-order chi connectivity index (χ1) is 17.0. The van der Waals surface area contributed by atoms with Crippen LogP contribution in [0.3, 0.4) is 0 Å². The second kappa shape index (κ2) is 11.0. The minimum absolute atomic E-state index is 0.126. The lowest BCUT2D eigenvalue weighted by Crippen LogP contribution is -2.32. The summed E-state index contributed by atoms with van der Waals surface area (Å²) in [6.07, 6.45) is 2.35. The normalized spacial score (nSPS) is 17.1. The molecule has 1 saturated heterocycles. The first kappa shape index (κ1) is 24.2. The second-order valence-corrected chi connectivity index (χ2v) is 8.48. The number of aliphatic hydroxyl groups excluding tert-OH is 1. The highest BCUT2D eigenvalue weighted by atomic mass is 19.1. The van der Waals surface area contributed by atoms with Gasteiger partial charge in [0, 0.05) is 17.7 Å². The summed E-state index contributed by atoms with van der Waals surface area (Å²) in [6.45, 7) is 2.79. The van der Waals surface area contributed by atoms with Gasteiger partial charge < -0.3 is 14.7 Å². The third kappa shape index (κ3) is 5.27. The van der Waals surface area contributed by atoms with Gasteiger partial charge in [-0.1, -0.05) is 74.0 Å². The Labute approximate surface area is 204 Å². The van der Waals surface area contributed by atoms with Gasteiger partial charge in [-0.3, -0.25) is 9.59 Å². The van der Waals surface area contributed by atoms with Crippen molar-refractivity contribution < 1.29 is 23.8 Å². The Bertz CT molecular complexity index is 1240. The molecular weight excluding hydrogens is 445 g/mol. The minimum atomic E-state index is -1.04. The fraction of sp³-hybridized carbons (Fsp3) is 0.241. The summed E-state index contributed by atoms with van der Waals surface area (Å²) in [6, 6.07) is 21.3. The highest BCUT2D eigenvalue weighted by Crippen LogP contribution is 2.40. The van der Waals surface area contributed by atoms with Crippen molar-refractivity contribution in [2.75, 3.05) is 13.2 Å². The second-order valence-electron chi connectivity index (χ2n) is 8.48. The molecule has 4 rings (SSSR count). The maximum atomic E-state index is 14.9. The molecule has 1 heterocycles. The number of likely N-dealkylation sites (tertiary alicyclic amines) is 1. The van der Waals surface area contributed by atoms with E-state index < -0.39 is 23.5 Å². The zero-order chi connectivity index (χ0) is 24.8. The summed E-state index contributed by atoms with van der Waals surface area (Å²) < 4.78 is 20.7. The van der Waals surface area contributed by atoms with Gasteiger partial charge in [0.2, 0.25) is 0 Å². The molecule has 1 N–H and O–H groups in total. The monoisotopic (exact) mass is 473 g/mol. The van der Waals surface area contributed by atoms with E-state index in [-0.39, 0.29) is 23.4 Å². The molecule has 1 atom stereocenters. The average molecular weight is 474 g/mol. The molecule has 1 amide bonds. The van der Waals surface area contributed by atoms with Crippen molar-refractivity contribution >= 4 is 17.4 Å². The summed E-state index contributed by atoms with van der Waals surface area (Å²) in [5.74, 6) is -1.94. The Morgan fingerprint density at radius 3 is 2.49 bits per heavy atom. The van der Waals surface area contributed by atoms with Crippen molar-refractivity contribution in [3.05, 3.63) is 107 Å². The Kier molecular flexibility index (Phi) is 7.60. The van der Waals surface area contributed by atoms with Gasteiger partial charge in [-0.05, 0) is 36.6 Å². The van der Waals surface area contributed by atoms with Crippen LogP contribution >= 0.6 is 0 Å². The van der Waals surface area contributed by atoms with Gasteiger partial charge in [0.15, 0.2) is 0 Å². The van der Waals surface area contributed by atoms with E-state index in [1.54, 1.807) is 42.5 Å². The number of ether oxygens (including phenoxy) is 1. The standard InChI is InChI=1S/C29H28FNO4/c1-2-3-18-35-22-13-9-12-21(19-22)27(32)25-26(23-14-7-8-15-24(23)30)31(29(34)28(25)33)17-16-20-10-5-4-6-11-20/h4-15,19,26,32H,2-3,16-18H2,1H3/b27-25+. The molecule has 1 fully saturated rings. The van der Waals surface area contributed by atoms with Crippen LogP contribution < -0.4 is 4.74 Å². The predicted octanol–water partition coefficient (Wildman–Crippen LogP) is 5.67. The number of hydrogen-bond acceptors (Lipinski definition) is 4. The Morgan fingerprint density at radius 1 is 1.00 bits per heavy atom. The Morgan fingerprint density at radius 2 is 1.74 bits per heavy atom. The van der Waals surface area contributed by atoms with E-state index in [0.717, 1.165) is 18.4 Å². The van der Waals surface area contributed by atoms with Gasteiger partial charge >= 0.3 is 0 Å².